The summed E-state index contributed by atoms with van der Waals surface area (Å²) in [5, 5.41) is 3.04. The van der Waals surface area contributed by atoms with Gasteiger partial charge in [0.25, 0.3) is 5.91 Å². The molecule has 0 atom stereocenters. The molecule has 1 aliphatic rings. The van der Waals surface area contributed by atoms with Crippen molar-refractivity contribution in [1.29, 1.82) is 0 Å². The number of nitrogen functional groups attached to an aromatic ring is 1. The Hall–Kier alpha value is -1.56. The summed E-state index contributed by atoms with van der Waals surface area (Å²) in [6.07, 6.45) is 1.62. The molecule has 2 heterocycles. The van der Waals surface area contributed by atoms with Crippen molar-refractivity contribution < 1.29 is 9.59 Å². The standard InChI is InChI=1S/C15H23N3O2S/c1-9(2)14(19)17-11-4-6-18(7-5-11)15(20)13-8-12(16)10(3)21-13/h8-9,11H,4-7,16H2,1-3H3,(H,17,19). The molecule has 2 rings (SSSR count). The van der Waals surface area contributed by atoms with Gasteiger partial charge in [-0.3, -0.25) is 9.59 Å². The van der Waals surface area contributed by atoms with Crippen LogP contribution < -0.4 is 11.1 Å². The smallest absolute Gasteiger partial charge is 0.264 e. The van der Waals surface area contributed by atoms with E-state index in [4.69, 9.17) is 5.73 Å². The van der Waals surface area contributed by atoms with Crippen LogP contribution in [0.25, 0.3) is 0 Å². The van der Waals surface area contributed by atoms with Gasteiger partial charge in [-0.1, -0.05) is 13.8 Å². The van der Waals surface area contributed by atoms with Gasteiger partial charge in [-0.15, -0.1) is 11.3 Å². The van der Waals surface area contributed by atoms with Crippen molar-refractivity contribution in [3.63, 3.8) is 0 Å². The second-order valence-corrected chi connectivity index (χ2v) is 7.11. The molecule has 21 heavy (non-hydrogen) atoms. The van der Waals surface area contributed by atoms with E-state index in [0.29, 0.717) is 23.7 Å². The molecule has 0 saturated carbocycles. The largest absolute Gasteiger partial charge is 0.398 e. The van der Waals surface area contributed by atoms with Gasteiger partial charge >= 0.3 is 0 Å². The number of amides is 2. The van der Waals surface area contributed by atoms with Crippen LogP contribution in [0.1, 0.15) is 41.2 Å². The summed E-state index contributed by atoms with van der Waals surface area (Å²) in [6, 6.07) is 1.94. The van der Waals surface area contributed by atoms with E-state index >= 15 is 0 Å². The van der Waals surface area contributed by atoms with E-state index in [1.54, 1.807) is 6.07 Å². The monoisotopic (exact) mass is 309 g/mol. The van der Waals surface area contributed by atoms with E-state index in [-0.39, 0.29) is 23.8 Å². The van der Waals surface area contributed by atoms with E-state index in [9.17, 15) is 9.59 Å². The first kappa shape index (κ1) is 15.8. The number of likely N-dealkylation sites (tertiary alicyclic amines) is 1. The fraction of sp³-hybridized carbons (Fsp3) is 0.600. The zero-order valence-corrected chi connectivity index (χ0v) is 13.6. The highest BCUT2D eigenvalue weighted by Gasteiger charge is 2.26. The average molecular weight is 309 g/mol. The molecular weight excluding hydrogens is 286 g/mol. The first-order valence-corrected chi connectivity index (χ1v) is 8.15. The number of aryl methyl sites for hydroxylation is 1. The van der Waals surface area contributed by atoms with Crippen molar-refractivity contribution in [3.05, 3.63) is 15.8 Å². The second-order valence-electron chi connectivity index (χ2n) is 5.85. The number of piperidine rings is 1. The lowest BCUT2D eigenvalue weighted by molar-refractivity contribution is -0.124. The number of hydrogen-bond acceptors (Lipinski definition) is 4. The fourth-order valence-electron chi connectivity index (χ4n) is 2.35. The Balaban J connectivity index is 1.89. The third-order valence-electron chi connectivity index (χ3n) is 3.82. The van der Waals surface area contributed by atoms with E-state index in [2.05, 4.69) is 5.32 Å². The lowest BCUT2D eigenvalue weighted by atomic mass is 10.0. The number of carbonyl (C=O) groups excluding carboxylic acids is 2. The maximum Gasteiger partial charge on any atom is 0.264 e. The van der Waals surface area contributed by atoms with Crippen LogP contribution in [0, 0.1) is 12.8 Å². The van der Waals surface area contributed by atoms with Gasteiger partial charge in [-0.05, 0) is 25.8 Å². The molecule has 116 valence electrons. The first-order valence-electron chi connectivity index (χ1n) is 7.34. The lowest BCUT2D eigenvalue weighted by Gasteiger charge is -2.32. The topological polar surface area (TPSA) is 75.4 Å². The third kappa shape index (κ3) is 3.75. The molecule has 1 aliphatic heterocycles. The Morgan fingerprint density at radius 2 is 2.00 bits per heavy atom. The quantitative estimate of drug-likeness (QED) is 0.897. The highest BCUT2D eigenvalue weighted by Crippen LogP contribution is 2.25. The Morgan fingerprint density at radius 1 is 1.38 bits per heavy atom. The van der Waals surface area contributed by atoms with Crippen molar-refractivity contribution in [1.82, 2.24) is 10.2 Å². The second kappa shape index (κ2) is 6.47. The molecule has 3 N–H and O–H groups in total. The number of nitrogens with two attached hydrogens (primary N) is 1. The molecule has 1 aromatic heterocycles. The minimum atomic E-state index is 0.00160. The fourth-order valence-corrected chi connectivity index (χ4v) is 3.26. The molecule has 1 saturated heterocycles. The van der Waals surface area contributed by atoms with Crippen LogP contribution >= 0.6 is 11.3 Å². The third-order valence-corrected chi connectivity index (χ3v) is 4.87. The van der Waals surface area contributed by atoms with Gasteiger partial charge in [0.2, 0.25) is 5.91 Å². The van der Waals surface area contributed by atoms with Crippen molar-refractivity contribution in [2.75, 3.05) is 18.8 Å². The summed E-state index contributed by atoms with van der Waals surface area (Å²) in [4.78, 5) is 27.6. The summed E-state index contributed by atoms with van der Waals surface area (Å²) < 4.78 is 0. The SMILES string of the molecule is Cc1sc(C(=O)N2CCC(NC(=O)C(C)C)CC2)cc1N. The highest BCUT2D eigenvalue weighted by atomic mass is 32.1. The zero-order valence-electron chi connectivity index (χ0n) is 12.8. The maximum atomic E-state index is 12.4. The van der Waals surface area contributed by atoms with Gasteiger partial charge in [0.15, 0.2) is 0 Å². The molecule has 2 amide bonds. The van der Waals surface area contributed by atoms with Crippen LogP contribution in [-0.4, -0.2) is 35.8 Å². The maximum absolute atomic E-state index is 12.4. The molecule has 0 unspecified atom stereocenters. The Bertz CT molecular complexity index is 512. The van der Waals surface area contributed by atoms with Crippen LogP contribution in [-0.2, 0) is 4.79 Å². The number of nitrogens with one attached hydrogen (secondary N) is 1. The molecule has 0 aromatic carbocycles. The number of hydrogen-bond donors (Lipinski definition) is 2. The normalized spacial score (nSPS) is 16.3. The van der Waals surface area contributed by atoms with E-state index in [1.165, 1.54) is 11.3 Å². The summed E-state index contributed by atoms with van der Waals surface area (Å²) in [5.74, 6) is 0.136. The molecular formula is C15H23N3O2S. The van der Waals surface area contributed by atoms with Crippen molar-refractivity contribution in [2.24, 2.45) is 5.92 Å². The van der Waals surface area contributed by atoms with Crippen LogP contribution in [0.15, 0.2) is 6.07 Å². The zero-order chi connectivity index (χ0) is 15.6. The number of nitrogens with zero attached hydrogens (tertiary/aromatic N) is 1. The predicted octanol–water partition coefficient (Wildman–Crippen LogP) is 2.02. The Labute approximate surface area is 129 Å². The van der Waals surface area contributed by atoms with Crippen LogP contribution in [0.5, 0.6) is 0 Å². The molecule has 0 bridgehead atoms. The number of thiophene rings is 1. The average Bonchev–Trinajstić information content (AvgIpc) is 2.78. The van der Waals surface area contributed by atoms with Gasteiger partial charge in [0, 0.05) is 35.6 Å². The van der Waals surface area contributed by atoms with Crippen LogP contribution in [0.2, 0.25) is 0 Å². The predicted molar refractivity (Wildman–Crippen MR) is 85.4 cm³/mol. The molecule has 1 fully saturated rings. The molecule has 0 radical (unpaired) electrons. The molecule has 0 aliphatic carbocycles. The van der Waals surface area contributed by atoms with E-state index in [0.717, 1.165) is 17.7 Å². The highest BCUT2D eigenvalue weighted by molar-refractivity contribution is 7.14. The van der Waals surface area contributed by atoms with Gasteiger partial charge < -0.3 is 16.0 Å². The van der Waals surface area contributed by atoms with Gasteiger partial charge in [-0.2, -0.15) is 0 Å². The van der Waals surface area contributed by atoms with Gasteiger partial charge in [0.1, 0.15) is 0 Å². The van der Waals surface area contributed by atoms with E-state index in [1.807, 2.05) is 25.7 Å². The lowest BCUT2D eigenvalue weighted by Crippen LogP contribution is -2.47. The minimum absolute atomic E-state index is 0.00160. The van der Waals surface area contributed by atoms with Crippen LogP contribution in [0.4, 0.5) is 5.69 Å². The van der Waals surface area contributed by atoms with Gasteiger partial charge in [0.05, 0.1) is 4.88 Å². The molecule has 5 nitrogen and oxygen atoms in total. The van der Waals surface area contributed by atoms with E-state index < -0.39 is 0 Å². The summed E-state index contributed by atoms with van der Waals surface area (Å²) in [6.45, 7) is 7.05. The Morgan fingerprint density at radius 3 is 2.48 bits per heavy atom. The Kier molecular flexibility index (Phi) is 4.88. The number of carbonyl (C=O) groups is 2. The molecule has 0 spiro atoms. The van der Waals surface area contributed by atoms with Crippen molar-refractivity contribution >= 4 is 28.8 Å². The molecule has 1 aromatic rings. The number of rotatable bonds is 3. The summed E-state index contributed by atoms with van der Waals surface area (Å²) in [7, 11) is 0. The van der Waals surface area contributed by atoms with Crippen LogP contribution in [0.3, 0.4) is 0 Å². The minimum Gasteiger partial charge on any atom is -0.398 e. The summed E-state index contributed by atoms with van der Waals surface area (Å²) in [5.41, 5.74) is 6.49. The number of anilines is 1. The first-order chi connectivity index (χ1) is 9.88. The van der Waals surface area contributed by atoms with Gasteiger partial charge in [-0.25, -0.2) is 0 Å². The summed E-state index contributed by atoms with van der Waals surface area (Å²) >= 11 is 1.45. The van der Waals surface area contributed by atoms with Crippen molar-refractivity contribution in [3.8, 4) is 0 Å². The van der Waals surface area contributed by atoms with Crippen molar-refractivity contribution in [2.45, 2.75) is 39.7 Å². The molecule has 6 heteroatoms.